The molecule has 160 valence electrons. The molecule has 0 bridgehead atoms. The van der Waals surface area contributed by atoms with Crippen molar-refractivity contribution in [1.82, 2.24) is 15.5 Å². The maximum Gasteiger partial charge on any atom is 0.251 e. The van der Waals surface area contributed by atoms with Gasteiger partial charge in [0.2, 0.25) is 5.91 Å². The number of nitrogens with zero attached hydrogens (tertiary/aromatic N) is 1. The van der Waals surface area contributed by atoms with Gasteiger partial charge in [0.15, 0.2) is 0 Å². The third-order valence-corrected chi connectivity index (χ3v) is 6.27. The first-order valence-corrected chi connectivity index (χ1v) is 10.7. The minimum absolute atomic E-state index is 0.00196. The Morgan fingerprint density at radius 2 is 1.90 bits per heavy atom. The number of hydrogen-bond donors (Lipinski definition) is 2. The van der Waals surface area contributed by atoms with E-state index in [9.17, 15) is 9.59 Å². The van der Waals surface area contributed by atoms with Crippen LogP contribution >= 0.6 is 11.6 Å². The molecule has 1 aliphatic heterocycles. The molecule has 0 radical (unpaired) electrons. The van der Waals surface area contributed by atoms with Gasteiger partial charge in [-0.3, -0.25) is 14.5 Å². The number of carbonyl (C=O) groups is 2. The predicted octanol–water partition coefficient (Wildman–Crippen LogP) is 3.49. The summed E-state index contributed by atoms with van der Waals surface area (Å²) in [5, 5.41) is 6.30. The molecular formula is C22H31ClFN3O2. The first-order valence-electron chi connectivity index (χ1n) is 10.3. The molecule has 0 atom stereocenters. The smallest absolute Gasteiger partial charge is 0.251 e. The molecule has 7 heteroatoms. The van der Waals surface area contributed by atoms with Gasteiger partial charge >= 0.3 is 0 Å². The molecule has 0 aromatic heterocycles. The average molecular weight is 424 g/mol. The van der Waals surface area contributed by atoms with Crippen molar-refractivity contribution in [3.63, 3.8) is 0 Å². The fraction of sp³-hybridized carbons (Fsp3) is 0.636. The third-order valence-electron chi connectivity index (χ3n) is 6.05. The monoisotopic (exact) mass is 423 g/mol. The summed E-state index contributed by atoms with van der Waals surface area (Å²) in [6.07, 6.45) is 2.92. The van der Waals surface area contributed by atoms with Gasteiger partial charge in [-0.25, -0.2) is 4.39 Å². The number of aryl methyl sites for hydroxylation is 1. The largest absolute Gasteiger partial charge is 0.350 e. The number of piperidine rings is 1. The summed E-state index contributed by atoms with van der Waals surface area (Å²) >= 11 is 6.00. The Kier molecular flexibility index (Phi) is 6.54. The third kappa shape index (κ3) is 6.16. The van der Waals surface area contributed by atoms with Gasteiger partial charge in [0, 0.05) is 29.2 Å². The van der Waals surface area contributed by atoms with E-state index in [2.05, 4.69) is 24.5 Å². The van der Waals surface area contributed by atoms with Crippen molar-refractivity contribution >= 4 is 23.4 Å². The van der Waals surface area contributed by atoms with Gasteiger partial charge in [0.1, 0.15) is 5.67 Å². The SMILES string of the molecule is Cc1cc(Cl)cc(C(=O)NCC2(F)CCN(CC(=O)NC(C)(C)C3CC3)CC2)c1. The second-order valence-electron chi connectivity index (χ2n) is 9.17. The van der Waals surface area contributed by atoms with Crippen molar-refractivity contribution < 1.29 is 14.0 Å². The maximum absolute atomic E-state index is 15.1. The Morgan fingerprint density at radius 3 is 2.48 bits per heavy atom. The van der Waals surface area contributed by atoms with E-state index in [1.54, 1.807) is 18.2 Å². The molecule has 1 aromatic rings. The van der Waals surface area contributed by atoms with Gasteiger partial charge in [-0.15, -0.1) is 0 Å². The molecule has 0 spiro atoms. The lowest BCUT2D eigenvalue weighted by molar-refractivity contribution is -0.124. The summed E-state index contributed by atoms with van der Waals surface area (Å²) in [5.74, 6) is 0.243. The van der Waals surface area contributed by atoms with Crippen LogP contribution in [-0.2, 0) is 4.79 Å². The molecule has 2 N–H and O–H groups in total. The zero-order valence-electron chi connectivity index (χ0n) is 17.5. The standard InChI is InChI=1S/C22H31ClFN3O2/c1-15-10-16(12-18(23)11-15)20(29)25-14-22(24)6-8-27(9-7-22)13-19(28)26-21(2,3)17-4-5-17/h10-12,17H,4-9,13-14H2,1-3H3,(H,25,29)(H,26,28). The molecule has 3 rings (SSSR count). The van der Waals surface area contributed by atoms with Crippen molar-refractivity contribution in [2.75, 3.05) is 26.2 Å². The van der Waals surface area contributed by atoms with Crippen molar-refractivity contribution in [2.24, 2.45) is 5.92 Å². The summed E-state index contributed by atoms with van der Waals surface area (Å²) in [7, 11) is 0. The van der Waals surface area contributed by atoms with Crippen LogP contribution in [-0.4, -0.2) is 54.1 Å². The van der Waals surface area contributed by atoms with Gasteiger partial charge in [-0.1, -0.05) is 11.6 Å². The number of hydrogen-bond acceptors (Lipinski definition) is 3. The molecule has 1 aromatic carbocycles. The number of amides is 2. The summed E-state index contributed by atoms with van der Waals surface area (Å²) in [6, 6.07) is 5.09. The zero-order valence-corrected chi connectivity index (χ0v) is 18.2. The number of halogens is 2. The van der Waals surface area contributed by atoms with Crippen LogP contribution in [0.25, 0.3) is 0 Å². The van der Waals surface area contributed by atoms with E-state index >= 15 is 4.39 Å². The fourth-order valence-electron chi connectivity index (χ4n) is 4.01. The van der Waals surface area contributed by atoms with E-state index in [-0.39, 0.29) is 23.9 Å². The van der Waals surface area contributed by atoms with E-state index < -0.39 is 5.67 Å². The highest BCUT2D eigenvalue weighted by atomic mass is 35.5. The number of carbonyl (C=O) groups excluding carboxylic acids is 2. The molecule has 2 fully saturated rings. The molecule has 1 saturated heterocycles. The molecule has 1 aliphatic carbocycles. The van der Waals surface area contributed by atoms with E-state index in [0.29, 0.717) is 49.0 Å². The highest BCUT2D eigenvalue weighted by molar-refractivity contribution is 6.31. The fourth-order valence-corrected chi connectivity index (χ4v) is 4.30. The second-order valence-corrected chi connectivity index (χ2v) is 9.61. The summed E-state index contributed by atoms with van der Waals surface area (Å²) in [4.78, 5) is 26.7. The lowest BCUT2D eigenvalue weighted by Crippen LogP contribution is -2.53. The van der Waals surface area contributed by atoms with E-state index in [1.807, 2.05) is 11.8 Å². The molecule has 2 amide bonds. The minimum atomic E-state index is -1.45. The number of rotatable bonds is 7. The molecule has 5 nitrogen and oxygen atoms in total. The van der Waals surface area contributed by atoms with Crippen LogP contribution in [0.2, 0.25) is 5.02 Å². The molecular weight excluding hydrogens is 393 g/mol. The highest BCUT2D eigenvalue weighted by Crippen LogP contribution is 2.39. The summed E-state index contributed by atoms with van der Waals surface area (Å²) < 4.78 is 15.1. The number of alkyl halides is 1. The first-order chi connectivity index (χ1) is 13.6. The normalized spacial score (nSPS) is 19.6. The van der Waals surface area contributed by atoms with Crippen molar-refractivity contribution in [2.45, 2.75) is 57.7 Å². The summed E-state index contributed by atoms with van der Waals surface area (Å²) in [5.41, 5.74) is -0.302. The number of likely N-dealkylation sites (tertiary alicyclic amines) is 1. The van der Waals surface area contributed by atoms with Crippen LogP contribution in [0.5, 0.6) is 0 Å². The van der Waals surface area contributed by atoms with Crippen LogP contribution in [0.15, 0.2) is 18.2 Å². The average Bonchev–Trinajstić information content (AvgIpc) is 3.46. The van der Waals surface area contributed by atoms with Gasteiger partial charge in [-0.2, -0.15) is 0 Å². The van der Waals surface area contributed by atoms with Crippen LogP contribution in [0.1, 0.15) is 55.5 Å². The highest BCUT2D eigenvalue weighted by Gasteiger charge is 2.39. The van der Waals surface area contributed by atoms with E-state index in [1.165, 1.54) is 12.8 Å². The van der Waals surface area contributed by atoms with Crippen LogP contribution < -0.4 is 10.6 Å². The topological polar surface area (TPSA) is 61.4 Å². The van der Waals surface area contributed by atoms with Crippen LogP contribution in [0.3, 0.4) is 0 Å². The Labute approximate surface area is 177 Å². The molecule has 29 heavy (non-hydrogen) atoms. The zero-order chi connectivity index (χ0) is 21.2. The number of benzene rings is 1. The Balaban J connectivity index is 1.44. The molecule has 1 saturated carbocycles. The lowest BCUT2D eigenvalue weighted by Gasteiger charge is -2.36. The predicted molar refractivity (Wildman–Crippen MR) is 113 cm³/mol. The molecule has 0 unspecified atom stereocenters. The van der Waals surface area contributed by atoms with Crippen molar-refractivity contribution in [1.29, 1.82) is 0 Å². The van der Waals surface area contributed by atoms with Gasteiger partial charge in [-0.05, 0) is 76.1 Å². The van der Waals surface area contributed by atoms with Gasteiger partial charge < -0.3 is 10.6 Å². The van der Waals surface area contributed by atoms with Gasteiger partial charge in [0.05, 0.1) is 13.1 Å². The second kappa shape index (κ2) is 8.60. The van der Waals surface area contributed by atoms with Crippen molar-refractivity contribution in [3.05, 3.63) is 34.3 Å². The molecule has 2 aliphatic rings. The Morgan fingerprint density at radius 1 is 1.24 bits per heavy atom. The lowest BCUT2D eigenvalue weighted by atomic mass is 9.93. The Hall–Kier alpha value is -1.66. The van der Waals surface area contributed by atoms with Crippen LogP contribution in [0, 0.1) is 12.8 Å². The van der Waals surface area contributed by atoms with E-state index in [0.717, 1.165) is 5.56 Å². The minimum Gasteiger partial charge on any atom is -0.350 e. The summed E-state index contributed by atoms with van der Waals surface area (Å²) in [6.45, 7) is 7.24. The number of nitrogens with one attached hydrogen (secondary N) is 2. The van der Waals surface area contributed by atoms with Gasteiger partial charge in [0.25, 0.3) is 5.91 Å². The molecule has 1 heterocycles. The quantitative estimate of drug-likeness (QED) is 0.705. The Bertz CT molecular complexity index is 751. The van der Waals surface area contributed by atoms with E-state index in [4.69, 9.17) is 11.6 Å². The van der Waals surface area contributed by atoms with Crippen molar-refractivity contribution in [3.8, 4) is 0 Å². The maximum atomic E-state index is 15.1. The van der Waals surface area contributed by atoms with Crippen LogP contribution in [0.4, 0.5) is 4.39 Å². The first kappa shape index (κ1) is 22.0.